The normalized spacial score (nSPS) is 13.3. The molecule has 6 heteroatoms. The van der Waals surface area contributed by atoms with Crippen LogP contribution in [-0.4, -0.2) is 48.2 Å². The van der Waals surface area contributed by atoms with E-state index in [2.05, 4.69) is 71.9 Å². The van der Waals surface area contributed by atoms with Gasteiger partial charge in [0.05, 0.1) is 5.88 Å². The van der Waals surface area contributed by atoms with Gasteiger partial charge in [0, 0.05) is 36.8 Å². The Bertz CT molecular complexity index is 1610. The maximum atomic E-state index is 13.8. The van der Waals surface area contributed by atoms with Crippen LogP contribution in [0.3, 0.4) is 0 Å². The van der Waals surface area contributed by atoms with E-state index in [1.54, 1.807) is 24.3 Å². The third-order valence-corrected chi connectivity index (χ3v) is 7.96. The number of alkyl halides is 2. The lowest BCUT2D eigenvalue weighted by Crippen LogP contribution is -2.24. The van der Waals surface area contributed by atoms with Crippen molar-refractivity contribution in [3.63, 3.8) is 0 Å². The summed E-state index contributed by atoms with van der Waals surface area (Å²) in [5.74, 6) is 0.577. The second-order valence-corrected chi connectivity index (χ2v) is 11.1. The third kappa shape index (κ3) is 9.50. The standard InChI is InChI=1S/C39H39Cl2F2N2/c1-3-44(28-26-40)36-22-14-32(15-23-36)38(30-10-18-34(42)19-11-30)8-6-5-7-9-39(31-12-20-35(43)21-13-31)33-16-24-37(25-17-33)45(4-2)29-27-41/h5-25H,3-4,26-29H2,1-2H3/q+1. The minimum Gasteiger partial charge on any atom is -0.371 e. The summed E-state index contributed by atoms with van der Waals surface area (Å²) in [7, 11) is 0. The number of halogens is 4. The van der Waals surface area contributed by atoms with Crippen LogP contribution in [0.4, 0.5) is 14.5 Å². The molecule has 0 saturated heterocycles. The van der Waals surface area contributed by atoms with Gasteiger partial charge in [0.15, 0.2) is 12.3 Å². The maximum Gasteiger partial charge on any atom is 0.199 e. The van der Waals surface area contributed by atoms with Crippen LogP contribution < -0.4 is 4.90 Å². The number of benzene rings is 3. The molecule has 0 spiro atoms. The van der Waals surface area contributed by atoms with Crippen LogP contribution in [0.1, 0.15) is 30.5 Å². The number of hydrogen-bond acceptors (Lipinski definition) is 1. The van der Waals surface area contributed by atoms with Gasteiger partial charge in [0.2, 0.25) is 0 Å². The van der Waals surface area contributed by atoms with Gasteiger partial charge in [-0.05, 0) is 95.8 Å². The van der Waals surface area contributed by atoms with Gasteiger partial charge in [0.25, 0.3) is 0 Å². The number of allylic oxidation sites excluding steroid dienone is 11. The van der Waals surface area contributed by atoms with Crippen molar-refractivity contribution in [2.24, 2.45) is 0 Å². The van der Waals surface area contributed by atoms with E-state index < -0.39 is 0 Å². The minimum atomic E-state index is -0.273. The SMILES string of the molecule is CCN(CCCl)c1ccc(C(=CC=CC=CC(=C2C=CC(=[N+](CC)CCCl)C=C2)c2ccc(F)cc2)c2ccc(F)cc2)cc1. The number of nitrogens with zero attached hydrogens (tertiary/aromatic N) is 2. The molecule has 0 saturated carbocycles. The van der Waals surface area contributed by atoms with Crippen molar-refractivity contribution < 1.29 is 13.4 Å². The summed E-state index contributed by atoms with van der Waals surface area (Å²) in [6.07, 6.45) is 18.3. The Labute approximate surface area is 276 Å². The average molecular weight is 645 g/mol. The first-order valence-electron chi connectivity index (χ1n) is 15.2. The van der Waals surface area contributed by atoms with E-state index in [1.807, 2.05) is 30.4 Å². The monoisotopic (exact) mass is 643 g/mol. The molecule has 3 aromatic carbocycles. The molecule has 1 aliphatic carbocycles. The van der Waals surface area contributed by atoms with Crippen LogP contribution in [0.15, 0.2) is 133 Å². The Balaban J connectivity index is 1.65. The molecule has 1 aliphatic rings. The maximum absolute atomic E-state index is 13.8. The van der Waals surface area contributed by atoms with Crippen molar-refractivity contribution in [3.05, 3.63) is 161 Å². The number of rotatable bonds is 13. The summed E-state index contributed by atoms with van der Waals surface area (Å²) in [4.78, 5) is 2.23. The molecule has 232 valence electrons. The lowest BCUT2D eigenvalue weighted by Gasteiger charge is -2.22. The molecule has 0 atom stereocenters. The topological polar surface area (TPSA) is 6.25 Å². The van der Waals surface area contributed by atoms with Crippen LogP contribution >= 0.6 is 23.2 Å². The predicted octanol–water partition coefficient (Wildman–Crippen LogP) is 9.87. The van der Waals surface area contributed by atoms with Gasteiger partial charge in [-0.15, -0.1) is 23.2 Å². The van der Waals surface area contributed by atoms with Crippen LogP contribution in [0.5, 0.6) is 0 Å². The first-order valence-corrected chi connectivity index (χ1v) is 16.3. The van der Waals surface area contributed by atoms with E-state index in [1.165, 1.54) is 24.3 Å². The zero-order valence-electron chi connectivity index (χ0n) is 25.8. The van der Waals surface area contributed by atoms with Crippen molar-refractivity contribution in [2.45, 2.75) is 13.8 Å². The highest BCUT2D eigenvalue weighted by Crippen LogP contribution is 2.27. The quantitative estimate of drug-likeness (QED) is 0.102. The highest BCUT2D eigenvalue weighted by molar-refractivity contribution is 6.18. The first-order chi connectivity index (χ1) is 22.0. The fraction of sp³-hybridized carbons (Fsp3) is 0.205. The molecular formula is C39H39Cl2F2N2+. The van der Waals surface area contributed by atoms with Gasteiger partial charge in [0.1, 0.15) is 18.2 Å². The fourth-order valence-corrected chi connectivity index (χ4v) is 5.60. The van der Waals surface area contributed by atoms with Gasteiger partial charge >= 0.3 is 0 Å². The smallest absolute Gasteiger partial charge is 0.199 e. The van der Waals surface area contributed by atoms with Gasteiger partial charge in [-0.3, -0.25) is 0 Å². The van der Waals surface area contributed by atoms with Crippen LogP contribution in [0, 0.1) is 11.6 Å². The number of hydrogen-bond donors (Lipinski definition) is 0. The minimum absolute atomic E-state index is 0.273. The highest BCUT2D eigenvalue weighted by atomic mass is 35.5. The van der Waals surface area contributed by atoms with Crippen molar-refractivity contribution in [2.75, 3.05) is 42.8 Å². The molecule has 2 nitrogen and oxygen atoms in total. The molecule has 3 aromatic rings. The zero-order valence-corrected chi connectivity index (χ0v) is 27.3. The van der Waals surface area contributed by atoms with Crippen molar-refractivity contribution >= 4 is 45.7 Å². The van der Waals surface area contributed by atoms with E-state index in [0.717, 1.165) is 71.0 Å². The molecule has 0 N–H and O–H groups in total. The summed E-state index contributed by atoms with van der Waals surface area (Å²) in [5.41, 5.74) is 8.04. The second-order valence-electron chi connectivity index (χ2n) is 10.4. The Hall–Kier alpha value is -3.99. The summed E-state index contributed by atoms with van der Waals surface area (Å²) in [6.45, 7) is 7.51. The zero-order chi connectivity index (χ0) is 32.0. The predicted molar refractivity (Wildman–Crippen MR) is 190 cm³/mol. The molecule has 0 aliphatic heterocycles. The molecular weight excluding hydrogens is 605 g/mol. The molecule has 0 unspecified atom stereocenters. The van der Waals surface area contributed by atoms with Crippen LogP contribution in [-0.2, 0) is 0 Å². The molecule has 0 fully saturated rings. The summed E-state index contributed by atoms with van der Waals surface area (Å²) in [5, 5.41) is 0. The van der Waals surface area contributed by atoms with Crippen molar-refractivity contribution in [1.29, 1.82) is 0 Å². The largest absolute Gasteiger partial charge is 0.371 e. The van der Waals surface area contributed by atoms with E-state index in [4.69, 9.17) is 23.2 Å². The fourth-order valence-electron chi connectivity index (χ4n) is 5.19. The number of anilines is 1. The van der Waals surface area contributed by atoms with Gasteiger partial charge in [-0.2, -0.15) is 0 Å². The molecule has 4 rings (SSSR count). The Morgan fingerprint density at radius 3 is 1.82 bits per heavy atom. The molecule has 0 bridgehead atoms. The molecule has 45 heavy (non-hydrogen) atoms. The van der Waals surface area contributed by atoms with Crippen LogP contribution in [0.2, 0.25) is 0 Å². The average Bonchev–Trinajstić information content (AvgIpc) is 3.07. The first kappa shape index (κ1) is 33.9. The lowest BCUT2D eigenvalue weighted by molar-refractivity contribution is -0.518. The van der Waals surface area contributed by atoms with Crippen LogP contribution in [0.25, 0.3) is 11.1 Å². The second kappa shape index (κ2) is 17.5. The third-order valence-electron chi connectivity index (χ3n) is 7.62. The Kier molecular flexibility index (Phi) is 13.2. The van der Waals surface area contributed by atoms with E-state index in [9.17, 15) is 8.78 Å². The Morgan fingerprint density at radius 1 is 0.711 bits per heavy atom. The highest BCUT2D eigenvalue weighted by Gasteiger charge is 2.13. The van der Waals surface area contributed by atoms with E-state index >= 15 is 0 Å². The van der Waals surface area contributed by atoms with Crippen molar-refractivity contribution in [1.82, 2.24) is 0 Å². The Morgan fingerprint density at radius 2 is 1.29 bits per heavy atom. The van der Waals surface area contributed by atoms with Gasteiger partial charge in [-0.1, -0.05) is 66.8 Å². The molecule has 0 radical (unpaired) electrons. The summed E-state index contributed by atoms with van der Waals surface area (Å²) < 4.78 is 29.7. The molecule has 0 aromatic heterocycles. The van der Waals surface area contributed by atoms with E-state index in [-0.39, 0.29) is 11.6 Å². The van der Waals surface area contributed by atoms with Gasteiger partial charge in [-0.25, -0.2) is 13.4 Å². The summed E-state index contributed by atoms with van der Waals surface area (Å²) in [6, 6.07) is 21.4. The summed E-state index contributed by atoms with van der Waals surface area (Å²) >= 11 is 12.0. The van der Waals surface area contributed by atoms with E-state index in [0.29, 0.717) is 11.8 Å². The molecule has 0 amide bonds. The lowest BCUT2D eigenvalue weighted by atomic mass is 9.95. The van der Waals surface area contributed by atoms with Crippen molar-refractivity contribution in [3.8, 4) is 0 Å². The molecule has 0 heterocycles. The van der Waals surface area contributed by atoms with Gasteiger partial charge < -0.3 is 4.90 Å².